The molecule has 0 aromatic carbocycles. The number of hydrogen-bond acceptors (Lipinski definition) is 43. The minimum Gasteiger partial charge on any atom is -0.726 e. The number of carbonyl (C=O) groups is 3. The maximum atomic E-state index is 12.9. The van der Waals surface area contributed by atoms with E-state index in [9.17, 15) is 133 Å². The summed E-state index contributed by atoms with van der Waals surface area (Å²) in [5.41, 5.74) is 0. The summed E-state index contributed by atoms with van der Waals surface area (Å²) >= 11 is 0. The number of aliphatic hydroxyl groups is 6. The zero-order valence-electron chi connectivity index (χ0n) is 48.4. The molecule has 22 atom stereocenters. The van der Waals surface area contributed by atoms with Gasteiger partial charge in [0, 0.05) is 6.92 Å². The van der Waals surface area contributed by atoms with Gasteiger partial charge in [0.25, 0.3) is 0 Å². The van der Waals surface area contributed by atoms with Crippen LogP contribution in [0.5, 0.6) is 0 Å². The van der Waals surface area contributed by atoms with Crippen molar-refractivity contribution in [1.82, 2.24) is 5.32 Å². The largest absolute Gasteiger partial charge is 1.00 e. The van der Waals surface area contributed by atoms with Gasteiger partial charge >= 0.3 is 236 Å². The molecular formula is C32H43NNa8O43S6. The summed E-state index contributed by atoms with van der Waals surface area (Å²) in [4.78, 5) is 37.7. The number of amides is 1. The normalized spacial score (nSPS) is 31.9. The molecule has 0 spiro atoms. The first kappa shape index (κ1) is 103. The summed E-state index contributed by atoms with van der Waals surface area (Å²) in [6.07, 6.45) is -58.8. The molecule has 0 aromatic heterocycles. The molecule has 0 aliphatic carbocycles. The molecule has 4 heterocycles. The van der Waals surface area contributed by atoms with Crippen molar-refractivity contribution in [1.29, 1.82) is 0 Å². The van der Waals surface area contributed by atoms with Crippen LogP contribution in [-0.2, 0) is 140 Å². The van der Waals surface area contributed by atoms with Crippen molar-refractivity contribution in [2.45, 2.75) is 156 Å². The van der Waals surface area contributed by atoms with Crippen molar-refractivity contribution in [2.75, 3.05) is 13.2 Å². The van der Waals surface area contributed by atoms with E-state index in [0.29, 0.717) is 6.92 Å². The van der Waals surface area contributed by atoms with Gasteiger partial charge in [-0.05, 0) is 19.9 Å². The SMILES string of the molecule is CC(=O)N[C@H]1[C@H](O[C@@H]([C@H](O[C@@H]2O[C@@H](C)[C@@H](OS(=O)(=O)[O-])[C@@H](O)[C@@H]2OS(=O)(=O)[O-])[C@@H](O)CO)[C@H](O)C(=O)[O-])O[C@H](COS(=O)(=O)[O-])[C@H](OS(=O)(=O)[O-])[C@@H]1O[C@@H]1OC(C(=O)[O-])=C[C@H](O[C@@H]2O[C@@H](C)[C@@H](OS(=O)(=O)[O-])[C@@H](O)[C@@H]2OS(=O)(=O)[O-])[C@H]1O.[Na+].[Na+].[Na+].[Na+].[Na+].[Na+].[Na+].[Na+]. The third-order valence-corrected chi connectivity index (χ3v) is 13.7. The number of aliphatic carboxylic acids is 2. The minimum absolute atomic E-state index is 0. The van der Waals surface area contributed by atoms with Gasteiger partial charge in [-0.2, -0.15) is 0 Å². The summed E-state index contributed by atoms with van der Waals surface area (Å²) in [6.45, 7) is -1.62. The van der Waals surface area contributed by atoms with Gasteiger partial charge < -0.3 is 121 Å². The average Bonchev–Trinajstić information content (AvgIpc) is 3.29. The first-order chi connectivity index (χ1) is 37.2. The predicted molar refractivity (Wildman–Crippen MR) is 223 cm³/mol. The van der Waals surface area contributed by atoms with Gasteiger partial charge in [0.2, 0.25) is 74.6 Å². The van der Waals surface area contributed by atoms with Crippen LogP contribution in [0.2, 0.25) is 0 Å². The number of ether oxygens (including phenoxy) is 8. The van der Waals surface area contributed by atoms with Crippen LogP contribution in [0.3, 0.4) is 0 Å². The molecule has 7 N–H and O–H groups in total. The molecule has 478 valence electrons. The van der Waals surface area contributed by atoms with Crippen molar-refractivity contribution >= 4 is 80.2 Å². The molecule has 4 rings (SSSR count). The van der Waals surface area contributed by atoms with E-state index < -0.39 is 234 Å². The van der Waals surface area contributed by atoms with Crippen LogP contribution >= 0.6 is 0 Å². The first-order valence-electron chi connectivity index (χ1n) is 21.7. The Labute approximate surface area is 688 Å². The third-order valence-electron chi connectivity index (χ3n) is 11.0. The smallest absolute Gasteiger partial charge is 0.726 e. The predicted octanol–water partition coefficient (Wildman–Crippen LogP) is -38.5. The van der Waals surface area contributed by atoms with E-state index in [4.69, 9.17) is 37.9 Å². The molecule has 1 amide bonds. The Bertz CT molecular complexity index is 3020. The van der Waals surface area contributed by atoms with E-state index in [-0.39, 0.29) is 243 Å². The molecule has 58 heteroatoms. The number of aliphatic hydroxyl groups excluding tert-OH is 6. The molecule has 90 heavy (non-hydrogen) atoms. The number of carboxylic acids is 2. The summed E-state index contributed by atoms with van der Waals surface area (Å²) in [6, 6.07) is -2.77. The molecule has 0 saturated carbocycles. The Morgan fingerprint density at radius 3 is 1.33 bits per heavy atom. The molecule has 0 aromatic rings. The van der Waals surface area contributed by atoms with Crippen molar-refractivity contribution < 1.29 is 433 Å². The maximum Gasteiger partial charge on any atom is 1.00 e. The zero-order chi connectivity index (χ0) is 62.7. The Hall–Kier alpha value is 4.65. The van der Waals surface area contributed by atoms with E-state index >= 15 is 0 Å². The zero-order valence-corrected chi connectivity index (χ0v) is 69.3. The second kappa shape index (κ2) is 43.1. The molecule has 0 radical (unpaired) electrons. The van der Waals surface area contributed by atoms with E-state index in [1.54, 1.807) is 0 Å². The Kier molecular flexibility index (Phi) is 49.4. The fourth-order valence-corrected chi connectivity index (χ4v) is 10.7. The number of nitrogens with one attached hydrogen (secondary N) is 1. The van der Waals surface area contributed by atoms with Gasteiger partial charge in [-0.25, -0.2) is 50.5 Å². The minimum atomic E-state index is -6.37. The van der Waals surface area contributed by atoms with Crippen LogP contribution in [0, 0.1) is 0 Å². The monoisotopic (exact) mass is 1500 g/mol. The number of carbonyl (C=O) groups excluding carboxylic acids is 3. The first-order valence-corrected chi connectivity index (χ1v) is 29.7. The quantitative estimate of drug-likeness (QED) is 0.0217. The third kappa shape index (κ3) is 33.0. The van der Waals surface area contributed by atoms with Crippen molar-refractivity contribution in [3.05, 3.63) is 11.8 Å². The molecular weight excluding hydrogens is 1460 g/mol. The van der Waals surface area contributed by atoms with E-state index in [1.165, 1.54) is 0 Å². The molecule has 4 aliphatic heterocycles. The van der Waals surface area contributed by atoms with Crippen LogP contribution in [0.4, 0.5) is 0 Å². The van der Waals surface area contributed by atoms with Crippen LogP contribution in [-0.4, -0.2) is 274 Å². The summed E-state index contributed by atoms with van der Waals surface area (Å²) < 4.78 is 279. The fourth-order valence-electron chi connectivity index (χ4n) is 7.89. The average molecular weight is 1510 g/mol. The van der Waals surface area contributed by atoms with Crippen molar-refractivity contribution in [2.24, 2.45) is 0 Å². The molecule has 0 unspecified atom stereocenters. The van der Waals surface area contributed by atoms with Crippen molar-refractivity contribution in [3.63, 3.8) is 0 Å². The van der Waals surface area contributed by atoms with E-state index in [0.717, 1.165) is 13.8 Å². The standard InChI is InChI=1S/C32H51NO43S6.8Na/c1-7-19(72-78(48,49)50)16(38)25(75-81(57,58)59)31(64-7)66-11-4-12(27(41)42)67-30(15(11)37)70-23-14(33-9(3)35)29(68-13(6-63-77(45,46)47)22(23)74-80(54,55)56)71-24(18(40)28(43)44)21(10(36)5-34)69-32-26(76-82(60,61)62)17(39)20(8(2)65-32)73-79(51,52)53;;;;;;;;/h4,7-8,10-11,13-26,29-32,34,36-40H,5-6H2,1-3H3,(H,33,35)(H,41,42)(H,43,44)(H,45,46,47)(H,48,49,50)(H,51,52,53)(H,54,55,56)(H,57,58,59)(H,60,61,62);;;;;;;;/q;8*+1/p-8/t7-,8-,10-,11-,13+,14+,15+,16+,17+,18-,19+,20+,21+,22-,23+,24+,25-,26-,29-,30-,31-,32-;;;;;;;;/m0......../s1. The van der Waals surface area contributed by atoms with Gasteiger partial charge in [0.15, 0.2) is 31.1 Å². The number of hydrogen-bond donors (Lipinski definition) is 7. The molecule has 3 fully saturated rings. The van der Waals surface area contributed by atoms with Crippen LogP contribution in [0.1, 0.15) is 20.8 Å². The Morgan fingerprint density at radius 2 is 0.944 bits per heavy atom. The van der Waals surface area contributed by atoms with E-state index in [2.05, 4.69) is 25.1 Å². The molecule has 3 saturated heterocycles. The molecule has 0 bridgehead atoms. The summed E-state index contributed by atoms with van der Waals surface area (Å²) in [5.74, 6) is -8.28. The van der Waals surface area contributed by atoms with Gasteiger partial charge in [0.05, 0.1) is 31.4 Å². The second-order valence-electron chi connectivity index (χ2n) is 16.9. The fraction of sp³-hybridized carbons (Fsp3) is 0.844. The van der Waals surface area contributed by atoms with Gasteiger partial charge in [-0.1, -0.05) is 0 Å². The van der Waals surface area contributed by atoms with Crippen LogP contribution < -0.4 is 252 Å². The van der Waals surface area contributed by atoms with Gasteiger partial charge in [-0.3, -0.25) is 29.9 Å². The van der Waals surface area contributed by atoms with Crippen LogP contribution in [0.15, 0.2) is 11.8 Å². The summed E-state index contributed by atoms with van der Waals surface area (Å²) in [5, 5.41) is 92.1. The molecule has 44 nitrogen and oxygen atoms in total. The van der Waals surface area contributed by atoms with Gasteiger partial charge in [0.1, 0.15) is 97.1 Å². The second-order valence-corrected chi connectivity index (χ2v) is 23.0. The number of rotatable bonds is 28. The summed E-state index contributed by atoms with van der Waals surface area (Å²) in [7, 11) is -36.4. The van der Waals surface area contributed by atoms with Crippen LogP contribution in [0.25, 0.3) is 0 Å². The topological polar surface area (TPSA) is 703 Å². The molecule has 4 aliphatic rings. The van der Waals surface area contributed by atoms with Gasteiger partial charge in [-0.15, -0.1) is 0 Å². The van der Waals surface area contributed by atoms with Crippen molar-refractivity contribution in [3.8, 4) is 0 Å². The Morgan fingerprint density at radius 1 is 0.544 bits per heavy atom. The Balaban J connectivity index is -0.00000301. The number of carboxylic acid groups (broad SMARTS) is 2. The maximum absolute atomic E-state index is 12.9. The van der Waals surface area contributed by atoms with E-state index in [1.807, 2.05) is 5.32 Å².